The number of nitrogens with two attached hydrogens (primary N) is 1. The van der Waals surface area contributed by atoms with Crippen LogP contribution in [0.25, 0.3) is 11.0 Å². The van der Waals surface area contributed by atoms with Crippen molar-refractivity contribution in [2.45, 2.75) is 13.0 Å². The third-order valence-corrected chi connectivity index (χ3v) is 2.75. The Morgan fingerprint density at radius 1 is 1.50 bits per heavy atom. The number of fused-ring (bicyclic) bond motifs is 1. The third-order valence-electron chi connectivity index (χ3n) is 2.75. The van der Waals surface area contributed by atoms with Crippen LogP contribution in [-0.2, 0) is 11.8 Å². The molecule has 1 heterocycles. The quantitative estimate of drug-likeness (QED) is 0.851. The van der Waals surface area contributed by atoms with Crippen molar-refractivity contribution < 1.29 is 4.74 Å². The molecule has 0 aliphatic heterocycles. The Hall–Kier alpha value is -1.39. The van der Waals surface area contributed by atoms with Crippen LogP contribution in [-0.4, -0.2) is 23.3 Å². The first kappa shape index (κ1) is 11.1. The van der Waals surface area contributed by atoms with Gasteiger partial charge in [-0.25, -0.2) is 4.98 Å². The summed E-state index contributed by atoms with van der Waals surface area (Å²) < 4.78 is 7.08. The maximum Gasteiger partial charge on any atom is 0.128 e. The Bertz CT molecular complexity index is 504. The first-order valence-corrected chi connectivity index (χ1v) is 5.31. The number of benzene rings is 1. The Morgan fingerprint density at radius 3 is 2.94 bits per heavy atom. The van der Waals surface area contributed by atoms with Gasteiger partial charge in [0, 0.05) is 14.2 Å². The smallest absolute Gasteiger partial charge is 0.128 e. The van der Waals surface area contributed by atoms with Crippen LogP contribution in [0.3, 0.4) is 0 Å². The van der Waals surface area contributed by atoms with E-state index in [9.17, 15) is 0 Å². The normalized spacial score (nSPS) is 13.2. The summed E-state index contributed by atoms with van der Waals surface area (Å²) in [5.41, 5.74) is 9.30. The number of methoxy groups -OCH3 is 1. The van der Waals surface area contributed by atoms with E-state index in [1.807, 2.05) is 11.6 Å². The molecule has 2 aromatic rings. The fourth-order valence-electron chi connectivity index (χ4n) is 1.91. The zero-order chi connectivity index (χ0) is 11.7. The van der Waals surface area contributed by atoms with E-state index in [4.69, 9.17) is 10.5 Å². The van der Waals surface area contributed by atoms with Gasteiger partial charge in [0.2, 0.25) is 0 Å². The second-order valence-electron chi connectivity index (χ2n) is 4.08. The average Bonchev–Trinajstić information content (AvgIpc) is 2.56. The second-order valence-corrected chi connectivity index (χ2v) is 4.08. The van der Waals surface area contributed by atoms with Crippen LogP contribution in [0.2, 0.25) is 0 Å². The van der Waals surface area contributed by atoms with Gasteiger partial charge in [0.1, 0.15) is 5.82 Å². The van der Waals surface area contributed by atoms with Gasteiger partial charge in [0.25, 0.3) is 0 Å². The van der Waals surface area contributed by atoms with E-state index in [2.05, 4.69) is 30.1 Å². The number of hydrogen-bond acceptors (Lipinski definition) is 3. The highest BCUT2D eigenvalue weighted by molar-refractivity contribution is 5.76. The van der Waals surface area contributed by atoms with Crippen LogP contribution >= 0.6 is 0 Å². The molecule has 0 saturated heterocycles. The zero-order valence-electron chi connectivity index (χ0n) is 9.90. The van der Waals surface area contributed by atoms with E-state index >= 15 is 0 Å². The summed E-state index contributed by atoms with van der Waals surface area (Å²) >= 11 is 0. The van der Waals surface area contributed by atoms with Crippen LogP contribution in [0, 0.1) is 6.92 Å². The molecular formula is C12H17N3O. The lowest BCUT2D eigenvalue weighted by Gasteiger charge is -2.09. The monoisotopic (exact) mass is 219 g/mol. The molecule has 1 atom stereocenters. The molecule has 0 saturated carbocycles. The number of aryl methyl sites for hydroxylation is 2. The lowest BCUT2D eigenvalue weighted by Crippen LogP contribution is -2.20. The Labute approximate surface area is 95.0 Å². The molecule has 86 valence electrons. The van der Waals surface area contributed by atoms with Crippen LogP contribution in [0.15, 0.2) is 18.2 Å². The van der Waals surface area contributed by atoms with Gasteiger partial charge >= 0.3 is 0 Å². The first-order valence-electron chi connectivity index (χ1n) is 5.31. The van der Waals surface area contributed by atoms with Crippen LogP contribution in [0.5, 0.6) is 0 Å². The average molecular weight is 219 g/mol. The van der Waals surface area contributed by atoms with Gasteiger partial charge in [-0.05, 0) is 24.6 Å². The van der Waals surface area contributed by atoms with Crippen molar-refractivity contribution in [3.05, 3.63) is 29.6 Å². The molecule has 16 heavy (non-hydrogen) atoms. The maximum atomic E-state index is 6.00. The third kappa shape index (κ3) is 1.81. The fourth-order valence-corrected chi connectivity index (χ4v) is 1.91. The lowest BCUT2D eigenvalue weighted by atomic mass is 10.2. The fraction of sp³-hybridized carbons (Fsp3) is 0.417. The minimum atomic E-state index is -0.178. The molecule has 0 fully saturated rings. The molecule has 4 nitrogen and oxygen atoms in total. The number of imidazole rings is 1. The van der Waals surface area contributed by atoms with Gasteiger partial charge in [-0.2, -0.15) is 0 Å². The summed E-state index contributed by atoms with van der Waals surface area (Å²) in [5, 5.41) is 0. The lowest BCUT2D eigenvalue weighted by molar-refractivity contribution is 0.177. The van der Waals surface area contributed by atoms with Crippen molar-refractivity contribution in [2.75, 3.05) is 13.7 Å². The van der Waals surface area contributed by atoms with Gasteiger partial charge < -0.3 is 15.0 Å². The highest BCUT2D eigenvalue weighted by Gasteiger charge is 2.14. The van der Waals surface area contributed by atoms with Crippen LogP contribution in [0.4, 0.5) is 0 Å². The molecule has 2 rings (SSSR count). The van der Waals surface area contributed by atoms with Crippen molar-refractivity contribution in [1.82, 2.24) is 9.55 Å². The predicted molar refractivity (Wildman–Crippen MR) is 64.3 cm³/mol. The summed E-state index contributed by atoms with van der Waals surface area (Å²) in [4.78, 5) is 4.55. The zero-order valence-corrected chi connectivity index (χ0v) is 9.90. The minimum absolute atomic E-state index is 0.178. The molecule has 0 bridgehead atoms. The standard InChI is InChI=1S/C12H17N3O/c1-8-4-5-11-10(6-8)14-12(15(11)2)9(13)7-16-3/h4-6,9H,7,13H2,1-3H3. The summed E-state index contributed by atoms with van der Waals surface area (Å²) in [6.45, 7) is 2.54. The van der Waals surface area contributed by atoms with E-state index in [0.717, 1.165) is 16.9 Å². The SMILES string of the molecule is COCC(N)c1nc2cc(C)ccc2n1C. The number of aromatic nitrogens is 2. The van der Waals surface area contributed by atoms with Crippen molar-refractivity contribution >= 4 is 11.0 Å². The van der Waals surface area contributed by atoms with E-state index in [1.165, 1.54) is 5.56 Å². The summed E-state index contributed by atoms with van der Waals surface area (Å²) in [7, 11) is 3.63. The molecule has 0 aliphatic carbocycles. The van der Waals surface area contributed by atoms with Gasteiger partial charge in [-0.1, -0.05) is 6.07 Å². The molecule has 0 aliphatic rings. The Kier molecular flexibility index (Phi) is 2.94. The molecule has 0 amide bonds. The van der Waals surface area contributed by atoms with E-state index in [0.29, 0.717) is 6.61 Å². The maximum absolute atomic E-state index is 6.00. The van der Waals surface area contributed by atoms with Crippen molar-refractivity contribution in [1.29, 1.82) is 0 Å². The molecule has 0 spiro atoms. The molecule has 4 heteroatoms. The topological polar surface area (TPSA) is 53.1 Å². The van der Waals surface area contributed by atoms with E-state index in [1.54, 1.807) is 7.11 Å². The minimum Gasteiger partial charge on any atom is -0.383 e. The Balaban J connectivity index is 2.51. The van der Waals surface area contributed by atoms with Gasteiger partial charge in [0.15, 0.2) is 0 Å². The Morgan fingerprint density at radius 2 is 2.25 bits per heavy atom. The first-order chi connectivity index (χ1) is 7.63. The molecule has 0 radical (unpaired) electrons. The molecule has 1 unspecified atom stereocenters. The van der Waals surface area contributed by atoms with Gasteiger partial charge in [0.05, 0.1) is 23.7 Å². The van der Waals surface area contributed by atoms with Crippen LogP contribution in [0.1, 0.15) is 17.4 Å². The van der Waals surface area contributed by atoms with E-state index < -0.39 is 0 Å². The number of ether oxygens (including phenoxy) is 1. The second kappa shape index (κ2) is 4.23. The van der Waals surface area contributed by atoms with Gasteiger partial charge in [-0.3, -0.25) is 0 Å². The van der Waals surface area contributed by atoms with Crippen LogP contribution < -0.4 is 5.73 Å². The number of hydrogen-bond donors (Lipinski definition) is 1. The van der Waals surface area contributed by atoms with Crippen molar-refractivity contribution in [2.24, 2.45) is 12.8 Å². The molecule has 1 aromatic heterocycles. The number of nitrogens with zero attached hydrogens (tertiary/aromatic N) is 2. The summed E-state index contributed by atoms with van der Waals surface area (Å²) in [5.74, 6) is 0.863. The van der Waals surface area contributed by atoms with Crippen molar-refractivity contribution in [3.63, 3.8) is 0 Å². The van der Waals surface area contributed by atoms with Gasteiger partial charge in [-0.15, -0.1) is 0 Å². The highest BCUT2D eigenvalue weighted by atomic mass is 16.5. The van der Waals surface area contributed by atoms with Crippen molar-refractivity contribution in [3.8, 4) is 0 Å². The largest absolute Gasteiger partial charge is 0.383 e. The van der Waals surface area contributed by atoms with E-state index in [-0.39, 0.29) is 6.04 Å². The molecular weight excluding hydrogens is 202 g/mol. The predicted octanol–water partition coefficient (Wildman–Crippen LogP) is 1.53. The highest BCUT2D eigenvalue weighted by Crippen LogP contribution is 2.19. The molecule has 1 aromatic carbocycles. The number of rotatable bonds is 3. The summed E-state index contributed by atoms with van der Waals surface area (Å²) in [6.07, 6.45) is 0. The molecule has 2 N–H and O–H groups in total. The summed E-state index contributed by atoms with van der Waals surface area (Å²) in [6, 6.07) is 6.04.